The van der Waals surface area contributed by atoms with Crippen LogP contribution >= 0.6 is 23.2 Å². The van der Waals surface area contributed by atoms with Crippen LogP contribution in [0.4, 0.5) is 0 Å². The Morgan fingerprint density at radius 2 is 1.70 bits per heavy atom. The van der Waals surface area contributed by atoms with Crippen LogP contribution in [0.25, 0.3) is 22.7 Å². The standard InChI is InChI=1S/C24H24Cl2N2O2/c1-14-6-8-16(9-7-14)23-15(2)22(20(29)13-21(30)24(3,4)5)27-28(23)19-11-10-17(25)12-18(19)26/h6-13,29H,1-5H3. The van der Waals surface area contributed by atoms with E-state index in [1.54, 1.807) is 43.7 Å². The SMILES string of the molecule is Cc1ccc(-c2c(C)c(C(O)=CC(=O)C(C)(C)C)nn2-c2ccc(Cl)cc2Cl)cc1. The summed E-state index contributed by atoms with van der Waals surface area (Å²) in [4.78, 5) is 12.4. The van der Waals surface area contributed by atoms with E-state index in [1.807, 2.05) is 38.1 Å². The Labute approximate surface area is 186 Å². The van der Waals surface area contributed by atoms with Gasteiger partial charge in [0, 0.05) is 27.6 Å². The fourth-order valence-electron chi connectivity index (χ4n) is 3.03. The molecule has 0 bridgehead atoms. The van der Waals surface area contributed by atoms with Gasteiger partial charge in [-0.1, -0.05) is 73.8 Å². The van der Waals surface area contributed by atoms with Crippen molar-refractivity contribution in [3.05, 3.63) is 75.4 Å². The first-order valence-corrected chi connectivity index (χ1v) is 10.3. The number of nitrogens with zero attached hydrogens (tertiary/aromatic N) is 2. The van der Waals surface area contributed by atoms with Crippen LogP contribution in [0.1, 0.15) is 37.6 Å². The van der Waals surface area contributed by atoms with Crippen molar-refractivity contribution in [1.82, 2.24) is 9.78 Å². The van der Waals surface area contributed by atoms with E-state index in [2.05, 4.69) is 5.10 Å². The van der Waals surface area contributed by atoms with Crippen molar-refractivity contribution in [2.75, 3.05) is 0 Å². The molecule has 1 heterocycles. The van der Waals surface area contributed by atoms with E-state index in [0.717, 1.165) is 22.4 Å². The van der Waals surface area contributed by atoms with Crippen LogP contribution in [-0.4, -0.2) is 20.7 Å². The molecule has 0 saturated carbocycles. The van der Waals surface area contributed by atoms with Gasteiger partial charge in [0.25, 0.3) is 0 Å². The maximum Gasteiger partial charge on any atom is 0.164 e. The van der Waals surface area contributed by atoms with Gasteiger partial charge in [0.15, 0.2) is 5.78 Å². The van der Waals surface area contributed by atoms with Crippen molar-refractivity contribution in [3.8, 4) is 16.9 Å². The molecule has 0 unspecified atom stereocenters. The molecule has 0 aliphatic carbocycles. The second kappa shape index (κ2) is 8.29. The number of rotatable bonds is 4. The third-order valence-electron chi connectivity index (χ3n) is 4.83. The molecule has 3 aromatic rings. The van der Waals surface area contributed by atoms with Gasteiger partial charge in [0.2, 0.25) is 0 Å². The minimum absolute atomic E-state index is 0.176. The molecule has 3 rings (SSSR count). The number of aliphatic hydroxyl groups excluding tert-OH is 1. The number of carbonyl (C=O) groups excluding carboxylic acids is 1. The third-order valence-corrected chi connectivity index (χ3v) is 5.37. The number of hydrogen-bond acceptors (Lipinski definition) is 3. The van der Waals surface area contributed by atoms with Crippen LogP contribution in [0.15, 0.2) is 48.5 Å². The summed E-state index contributed by atoms with van der Waals surface area (Å²) < 4.78 is 1.68. The molecule has 0 spiro atoms. The molecule has 0 fully saturated rings. The average molecular weight is 443 g/mol. The number of allylic oxidation sites excluding steroid dienone is 1. The average Bonchev–Trinajstić information content (AvgIpc) is 2.98. The van der Waals surface area contributed by atoms with Gasteiger partial charge in [0.05, 0.1) is 16.4 Å². The van der Waals surface area contributed by atoms with Crippen LogP contribution < -0.4 is 0 Å². The molecule has 2 aromatic carbocycles. The molecule has 156 valence electrons. The molecule has 0 atom stereocenters. The first-order chi connectivity index (χ1) is 14.0. The lowest BCUT2D eigenvalue weighted by molar-refractivity contribution is -0.121. The van der Waals surface area contributed by atoms with E-state index in [1.165, 1.54) is 6.08 Å². The number of aromatic nitrogens is 2. The summed E-state index contributed by atoms with van der Waals surface area (Å²) in [7, 11) is 0. The molecule has 1 aromatic heterocycles. The highest BCUT2D eigenvalue weighted by Crippen LogP contribution is 2.34. The smallest absolute Gasteiger partial charge is 0.164 e. The summed E-state index contributed by atoms with van der Waals surface area (Å²) in [5.41, 5.74) is 3.90. The lowest BCUT2D eigenvalue weighted by atomic mass is 9.90. The second-order valence-corrected chi connectivity index (χ2v) is 9.18. The van der Waals surface area contributed by atoms with E-state index in [0.29, 0.717) is 21.4 Å². The zero-order chi connectivity index (χ0) is 22.2. The van der Waals surface area contributed by atoms with Crippen molar-refractivity contribution in [1.29, 1.82) is 0 Å². The van der Waals surface area contributed by atoms with Crippen molar-refractivity contribution in [3.63, 3.8) is 0 Å². The first-order valence-electron chi connectivity index (χ1n) is 9.56. The zero-order valence-electron chi connectivity index (χ0n) is 17.6. The highest BCUT2D eigenvalue weighted by atomic mass is 35.5. The molecular weight excluding hydrogens is 419 g/mol. The van der Waals surface area contributed by atoms with Crippen molar-refractivity contribution >= 4 is 34.7 Å². The predicted octanol–water partition coefficient (Wildman–Crippen LogP) is 6.98. The Morgan fingerprint density at radius 1 is 1.07 bits per heavy atom. The summed E-state index contributed by atoms with van der Waals surface area (Å²) in [6.07, 6.45) is 1.24. The van der Waals surface area contributed by atoms with E-state index in [4.69, 9.17) is 23.2 Å². The number of halogens is 2. The highest BCUT2D eigenvalue weighted by molar-refractivity contribution is 6.35. The van der Waals surface area contributed by atoms with E-state index >= 15 is 0 Å². The highest BCUT2D eigenvalue weighted by Gasteiger charge is 2.24. The molecule has 0 radical (unpaired) electrons. The van der Waals surface area contributed by atoms with Gasteiger partial charge in [-0.05, 0) is 32.0 Å². The summed E-state index contributed by atoms with van der Waals surface area (Å²) in [5, 5.41) is 16.3. The number of aryl methyl sites for hydroxylation is 1. The number of ketones is 1. The summed E-state index contributed by atoms with van der Waals surface area (Å²) in [6, 6.07) is 13.2. The Morgan fingerprint density at radius 3 is 2.27 bits per heavy atom. The Kier molecular flexibility index (Phi) is 6.11. The van der Waals surface area contributed by atoms with Gasteiger partial charge in [-0.2, -0.15) is 5.10 Å². The van der Waals surface area contributed by atoms with Crippen LogP contribution in [0.5, 0.6) is 0 Å². The molecule has 0 aliphatic heterocycles. The van der Waals surface area contributed by atoms with Crippen LogP contribution in [0.3, 0.4) is 0 Å². The van der Waals surface area contributed by atoms with Crippen molar-refractivity contribution < 1.29 is 9.90 Å². The minimum Gasteiger partial charge on any atom is -0.505 e. The molecule has 0 saturated heterocycles. The first kappa shape index (κ1) is 22.1. The van der Waals surface area contributed by atoms with Gasteiger partial charge in [0.1, 0.15) is 11.5 Å². The van der Waals surface area contributed by atoms with E-state index in [9.17, 15) is 9.90 Å². The monoisotopic (exact) mass is 442 g/mol. The summed E-state index contributed by atoms with van der Waals surface area (Å²) in [6.45, 7) is 9.28. The zero-order valence-corrected chi connectivity index (χ0v) is 19.1. The number of hydrogen-bond donors (Lipinski definition) is 1. The summed E-state index contributed by atoms with van der Waals surface area (Å²) >= 11 is 12.5. The molecule has 4 nitrogen and oxygen atoms in total. The summed E-state index contributed by atoms with van der Waals surface area (Å²) in [5.74, 6) is -0.361. The number of carbonyl (C=O) groups is 1. The normalized spacial score (nSPS) is 12.3. The molecule has 6 heteroatoms. The van der Waals surface area contributed by atoms with Gasteiger partial charge >= 0.3 is 0 Å². The number of aliphatic hydroxyl groups is 1. The molecule has 0 amide bonds. The van der Waals surface area contributed by atoms with Crippen LogP contribution in [-0.2, 0) is 4.79 Å². The van der Waals surface area contributed by atoms with Gasteiger partial charge < -0.3 is 5.11 Å². The molecule has 1 N–H and O–H groups in total. The maximum atomic E-state index is 12.4. The van der Waals surface area contributed by atoms with Gasteiger partial charge in [-0.15, -0.1) is 0 Å². The third kappa shape index (κ3) is 4.45. The lowest BCUT2D eigenvalue weighted by Gasteiger charge is -2.13. The Bertz CT molecular complexity index is 1140. The predicted molar refractivity (Wildman–Crippen MR) is 124 cm³/mol. The second-order valence-electron chi connectivity index (χ2n) is 8.34. The van der Waals surface area contributed by atoms with E-state index < -0.39 is 5.41 Å². The minimum atomic E-state index is -0.607. The van der Waals surface area contributed by atoms with Crippen molar-refractivity contribution in [2.45, 2.75) is 34.6 Å². The van der Waals surface area contributed by atoms with Crippen molar-refractivity contribution in [2.24, 2.45) is 5.41 Å². The van der Waals surface area contributed by atoms with Gasteiger partial charge in [-0.3, -0.25) is 4.79 Å². The fraction of sp³-hybridized carbons (Fsp3) is 0.250. The molecular formula is C24H24Cl2N2O2. The number of benzene rings is 2. The fourth-order valence-corrected chi connectivity index (χ4v) is 3.51. The quantitative estimate of drug-likeness (QED) is 0.350. The van der Waals surface area contributed by atoms with Crippen LogP contribution in [0.2, 0.25) is 10.0 Å². The maximum absolute atomic E-state index is 12.4. The molecule has 0 aliphatic rings. The Hall–Kier alpha value is -2.56. The van der Waals surface area contributed by atoms with Crippen LogP contribution in [0, 0.1) is 19.3 Å². The lowest BCUT2D eigenvalue weighted by Crippen LogP contribution is -2.18. The molecule has 30 heavy (non-hydrogen) atoms. The van der Waals surface area contributed by atoms with E-state index in [-0.39, 0.29) is 11.5 Å². The largest absolute Gasteiger partial charge is 0.505 e. The topological polar surface area (TPSA) is 55.1 Å². The Balaban J connectivity index is 2.25. The van der Waals surface area contributed by atoms with Gasteiger partial charge in [-0.25, -0.2) is 4.68 Å².